The van der Waals surface area contributed by atoms with Crippen LogP contribution in [0.2, 0.25) is 0 Å². The molecule has 0 aromatic carbocycles. The smallest absolute Gasteiger partial charge is 0.356 e. The van der Waals surface area contributed by atoms with Crippen LogP contribution in [0.5, 0.6) is 0 Å². The van der Waals surface area contributed by atoms with Crippen molar-refractivity contribution in [3.63, 3.8) is 0 Å². The van der Waals surface area contributed by atoms with Crippen LogP contribution in [0, 0.1) is 0 Å². The van der Waals surface area contributed by atoms with Crippen molar-refractivity contribution in [2.75, 3.05) is 31.6 Å². The van der Waals surface area contributed by atoms with Gasteiger partial charge in [0.25, 0.3) is 0 Å². The van der Waals surface area contributed by atoms with E-state index in [1.807, 2.05) is 0 Å². The Morgan fingerprint density at radius 3 is 2.67 bits per heavy atom. The molecule has 7 heteroatoms. The first-order valence-corrected chi connectivity index (χ1v) is 7.96. The molecule has 2 heterocycles. The Balaban J connectivity index is 2.37. The second-order valence-corrected chi connectivity index (χ2v) is 6.38. The zero-order chi connectivity index (χ0) is 15.6. The molecule has 1 unspecified atom stereocenters. The summed E-state index contributed by atoms with van der Waals surface area (Å²) in [4.78, 5) is 31.8. The molecule has 1 aromatic rings. The first-order chi connectivity index (χ1) is 9.93. The number of aromatic carboxylic acids is 1. The molecule has 2 rings (SSSR count). The molecule has 0 bridgehead atoms. The number of hydrogen-bond donors (Lipinski definition) is 1. The van der Waals surface area contributed by atoms with Gasteiger partial charge in [0.05, 0.1) is 0 Å². The van der Waals surface area contributed by atoms with Crippen molar-refractivity contribution in [3.8, 4) is 0 Å². The molecule has 21 heavy (non-hydrogen) atoms. The van der Waals surface area contributed by atoms with Crippen molar-refractivity contribution in [2.24, 2.45) is 0 Å². The summed E-state index contributed by atoms with van der Waals surface area (Å²) in [6.07, 6.45) is 1.96. The maximum absolute atomic E-state index is 11.6. The average Bonchev–Trinajstić information content (AvgIpc) is 2.78. The number of nitrogens with zero attached hydrogens (tertiary/aromatic N) is 3. The van der Waals surface area contributed by atoms with Crippen LogP contribution in [0.4, 0.5) is 5.13 Å². The van der Waals surface area contributed by atoms with Crippen LogP contribution in [-0.4, -0.2) is 59.5 Å². The lowest BCUT2D eigenvalue weighted by Crippen LogP contribution is -2.39. The van der Waals surface area contributed by atoms with E-state index in [1.165, 1.54) is 18.3 Å². The van der Waals surface area contributed by atoms with Gasteiger partial charge in [0, 0.05) is 26.1 Å². The first kappa shape index (κ1) is 15.9. The Hall–Kier alpha value is -1.47. The molecule has 0 saturated carbocycles. The number of aromatic nitrogens is 1. The molecular formula is C14H21N3O3S. The van der Waals surface area contributed by atoms with E-state index in [4.69, 9.17) is 0 Å². The lowest BCUT2D eigenvalue weighted by atomic mass is 10.2. The van der Waals surface area contributed by atoms with E-state index in [9.17, 15) is 14.7 Å². The number of Topliss-reactive ketones (excluding diaryl/α,β-unsaturated/α-hetero) is 1. The third-order valence-electron chi connectivity index (χ3n) is 3.76. The number of anilines is 1. The highest BCUT2D eigenvalue weighted by atomic mass is 32.1. The van der Waals surface area contributed by atoms with Crippen LogP contribution in [-0.2, 0) is 0 Å². The molecular weight excluding hydrogens is 290 g/mol. The van der Waals surface area contributed by atoms with E-state index < -0.39 is 5.97 Å². The van der Waals surface area contributed by atoms with E-state index in [0.29, 0.717) is 11.2 Å². The minimum atomic E-state index is -1.14. The van der Waals surface area contributed by atoms with Crippen molar-refractivity contribution in [2.45, 2.75) is 32.7 Å². The Morgan fingerprint density at radius 1 is 1.43 bits per heavy atom. The van der Waals surface area contributed by atoms with Gasteiger partial charge in [-0.3, -0.25) is 4.79 Å². The summed E-state index contributed by atoms with van der Waals surface area (Å²) in [6, 6.07) is 0.296. The van der Waals surface area contributed by atoms with E-state index >= 15 is 0 Å². The van der Waals surface area contributed by atoms with Crippen molar-refractivity contribution < 1.29 is 14.7 Å². The standard InChI is InChI=1S/C14H21N3O3S/c1-4-10-8-16(3)6-5-7-17(10)14-15-11(13(19)20)12(21-14)9(2)18/h10H,4-8H2,1-3H3,(H,19,20). The molecule has 1 aromatic heterocycles. The number of hydrogen-bond acceptors (Lipinski definition) is 6. The number of ketones is 1. The normalized spacial score (nSPS) is 20.3. The van der Waals surface area contributed by atoms with Gasteiger partial charge in [-0.15, -0.1) is 0 Å². The topological polar surface area (TPSA) is 73.7 Å². The largest absolute Gasteiger partial charge is 0.476 e. The van der Waals surface area contributed by atoms with Gasteiger partial charge in [0.2, 0.25) is 0 Å². The van der Waals surface area contributed by atoms with Gasteiger partial charge in [-0.1, -0.05) is 18.3 Å². The SMILES string of the molecule is CCC1CN(C)CCCN1c1nc(C(=O)O)c(C(C)=O)s1. The summed E-state index contributed by atoms with van der Waals surface area (Å²) >= 11 is 1.20. The summed E-state index contributed by atoms with van der Waals surface area (Å²) in [7, 11) is 2.09. The Kier molecular flexibility index (Phi) is 4.95. The Morgan fingerprint density at radius 2 is 2.14 bits per heavy atom. The third kappa shape index (κ3) is 3.41. The molecule has 1 saturated heterocycles. The highest BCUT2D eigenvalue weighted by Crippen LogP contribution is 2.30. The number of carbonyl (C=O) groups excluding carboxylic acids is 1. The predicted molar refractivity (Wildman–Crippen MR) is 82.6 cm³/mol. The minimum Gasteiger partial charge on any atom is -0.476 e. The van der Waals surface area contributed by atoms with Gasteiger partial charge < -0.3 is 14.9 Å². The fourth-order valence-corrected chi connectivity index (χ4v) is 3.71. The number of thiazole rings is 1. The van der Waals surface area contributed by atoms with E-state index in [1.54, 1.807) is 0 Å². The molecule has 1 aliphatic heterocycles. The molecule has 0 amide bonds. The predicted octanol–water partition coefficient (Wildman–Crippen LogP) is 1.96. The average molecular weight is 311 g/mol. The van der Waals surface area contributed by atoms with Crippen LogP contribution in [0.1, 0.15) is 46.8 Å². The molecule has 0 aliphatic carbocycles. The monoisotopic (exact) mass is 311 g/mol. The van der Waals surface area contributed by atoms with Crippen molar-refractivity contribution in [1.29, 1.82) is 0 Å². The Bertz CT molecular complexity index is 512. The number of likely N-dealkylation sites (N-methyl/N-ethyl adjacent to an activating group) is 1. The highest BCUT2D eigenvalue weighted by molar-refractivity contribution is 7.17. The van der Waals surface area contributed by atoms with Crippen LogP contribution in [0.3, 0.4) is 0 Å². The summed E-state index contributed by atoms with van der Waals surface area (Å²) in [6.45, 7) is 6.29. The zero-order valence-corrected chi connectivity index (χ0v) is 13.4. The van der Waals surface area contributed by atoms with Gasteiger partial charge in [-0.25, -0.2) is 9.78 Å². The minimum absolute atomic E-state index is 0.116. The Labute approximate surface area is 128 Å². The van der Waals surface area contributed by atoms with Crippen LogP contribution >= 0.6 is 11.3 Å². The fraction of sp³-hybridized carbons (Fsp3) is 0.643. The quantitative estimate of drug-likeness (QED) is 0.857. The molecule has 0 spiro atoms. The van der Waals surface area contributed by atoms with Gasteiger partial charge in [-0.2, -0.15) is 0 Å². The van der Waals surface area contributed by atoms with Crippen molar-refractivity contribution in [1.82, 2.24) is 9.88 Å². The molecule has 1 aliphatic rings. The van der Waals surface area contributed by atoms with Gasteiger partial charge >= 0.3 is 5.97 Å². The van der Waals surface area contributed by atoms with Gasteiger partial charge in [0.15, 0.2) is 16.6 Å². The summed E-state index contributed by atoms with van der Waals surface area (Å²) in [5.41, 5.74) is -0.116. The lowest BCUT2D eigenvalue weighted by molar-refractivity contribution is 0.0687. The van der Waals surface area contributed by atoms with Crippen molar-refractivity contribution in [3.05, 3.63) is 10.6 Å². The second-order valence-electron chi connectivity index (χ2n) is 5.41. The third-order valence-corrected chi connectivity index (χ3v) is 4.95. The molecule has 1 atom stereocenters. The zero-order valence-electron chi connectivity index (χ0n) is 12.6. The van der Waals surface area contributed by atoms with Crippen LogP contribution < -0.4 is 4.90 Å². The maximum Gasteiger partial charge on any atom is 0.356 e. The van der Waals surface area contributed by atoms with Gasteiger partial charge in [0.1, 0.15) is 4.88 Å². The molecule has 1 fully saturated rings. The molecule has 6 nitrogen and oxygen atoms in total. The number of rotatable bonds is 4. The van der Waals surface area contributed by atoms with E-state index in [0.717, 1.165) is 32.5 Å². The highest BCUT2D eigenvalue weighted by Gasteiger charge is 2.28. The summed E-state index contributed by atoms with van der Waals surface area (Å²) < 4.78 is 0. The molecule has 0 radical (unpaired) electrons. The van der Waals surface area contributed by atoms with Crippen LogP contribution in [0.25, 0.3) is 0 Å². The molecule has 116 valence electrons. The first-order valence-electron chi connectivity index (χ1n) is 7.14. The number of carboxylic acids is 1. The lowest BCUT2D eigenvalue weighted by Gasteiger charge is -2.29. The fourth-order valence-electron chi connectivity index (χ4n) is 2.66. The number of carboxylic acid groups (broad SMARTS) is 1. The second kappa shape index (κ2) is 6.53. The van der Waals surface area contributed by atoms with E-state index in [2.05, 4.69) is 28.8 Å². The van der Waals surface area contributed by atoms with E-state index in [-0.39, 0.29) is 16.4 Å². The van der Waals surface area contributed by atoms with Crippen molar-refractivity contribution >= 4 is 28.2 Å². The molecule has 1 N–H and O–H groups in total. The van der Waals surface area contributed by atoms with Crippen LogP contribution in [0.15, 0.2) is 0 Å². The maximum atomic E-state index is 11.6. The summed E-state index contributed by atoms with van der Waals surface area (Å²) in [5.74, 6) is -1.38. The summed E-state index contributed by atoms with van der Waals surface area (Å²) in [5, 5.41) is 9.86. The van der Waals surface area contributed by atoms with Gasteiger partial charge in [-0.05, 0) is 26.4 Å². The number of carbonyl (C=O) groups is 2.